The van der Waals surface area contributed by atoms with Crippen LogP contribution in [0.2, 0.25) is 0 Å². The second-order valence-corrected chi connectivity index (χ2v) is 5.07. The molecule has 1 fully saturated rings. The third-order valence-electron chi connectivity index (χ3n) is 3.64. The highest BCUT2D eigenvalue weighted by atomic mass is 19.4. The van der Waals surface area contributed by atoms with Crippen LogP contribution in [0.3, 0.4) is 0 Å². The first kappa shape index (κ1) is 14.1. The Balaban J connectivity index is 2.16. The summed E-state index contributed by atoms with van der Waals surface area (Å²) in [6, 6.07) is 1.50. The summed E-state index contributed by atoms with van der Waals surface area (Å²) < 4.78 is 38.8. The number of halogens is 3. The van der Waals surface area contributed by atoms with Crippen LogP contribution in [0.25, 0.3) is 0 Å². The predicted octanol–water partition coefficient (Wildman–Crippen LogP) is 2.63. The van der Waals surface area contributed by atoms with Gasteiger partial charge in [0, 0.05) is 25.3 Å². The van der Waals surface area contributed by atoms with Crippen molar-refractivity contribution in [1.29, 1.82) is 0 Å². The van der Waals surface area contributed by atoms with Gasteiger partial charge in [0.1, 0.15) is 0 Å². The largest absolute Gasteiger partial charge is 0.418 e. The van der Waals surface area contributed by atoms with Crippen molar-refractivity contribution in [1.82, 2.24) is 9.88 Å². The average Bonchev–Trinajstić information content (AvgIpc) is 2.38. The molecule has 1 aliphatic rings. The van der Waals surface area contributed by atoms with E-state index in [-0.39, 0.29) is 5.69 Å². The van der Waals surface area contributed by atoms with E-state index in [1.165, 1.54) is 12.4 Å². The van der Waals surface area contributed by atoms with Crippen LogP contribution in [0.5, 0.6) is 0 Å². The highest BCUT2D eigenvalue weighted by Crippen LogP contribution is 2.36. The van der Waals surface area contributed by atoms with E-state index in [0.29, 0.717) is 19.1 Å². The second-order valence-electron chi connectivity index (χ2n) is 5.07. The Hall–Kier alpha value is -1.30. The molecule has 2 heterocycles. The molecule has 0 radical (unpaired) electrons. The molecule has 1 aliphatic heterocycles. The lowest BCUT2D eigenvalue weighted by Crippen LogP contribution is -2.42. The zero-order chi connectivity index (χ0) is 14.0. The lowest BCUT2D eigenvalue weighted by atomic mass is 10.0. The molecule has 106 valence electrons. The van der Waals surface area contributed by atoms with Gasteiger partial charge in [0.2, 0.25) is 0 Å². The van der Waals surface area contributed by atoms with Gasteiger partial charge in [-0.3, -0.25) is 4.98 Å². The monoisotopic (exact) mass is 273 g/mol. The number of anilines is 1. The molecule has 0 atom stereocenters. The van der Waals surface area contributed by atoms with Crippen molar-refractivity contribution in [2.75, 3.05) is 32.1 Å². The Morgan fingerprint density at radius 3 is 2.42 bits per heavy atom. The smallest absolute Gasteiger partial charge is 0.370 e. The van der Waals surface area contributed by atoms with Crippen LogP contribution in [-0.4, -0.2) is 43.1 Å². The third kappa shape index (κ3) is 3.18. The number of nitrogens with zero attached hydrogens (tertiary/aromatic N) is 3. The Kier molecular flexibility index (Phi) is 3.99. The van der Waals surface area contributed by atoms with Gasteiger partial charge in [-0.25, -0.2) is 0 Å². The van der Waals surface area contributed by atoms with Crippen LogP contribution >= 0.6 is 0 Å². The summed E-state index contributed by atoms with van der Waals surface area (Å²) in [6.45, 7) is 1.27. The number of aromatic nitrogens is 1. The molecule has 0 amide bonds. The molecule has 6 heteroatoms. The number of rotatable bonds is 2. The molecule has 0 aliphatic carbocycles. The van der Waals surface area contributed by atoms with E-state index < -0.39 is 11.7 Å². The van der Waals surface area contributed by atoms with E-state index in [9.17, 15) is 13.2 Å². The molecule has 19 heavy (non-hydrogen) atoms. The molecular formula is C13H18F3N3. The first-order valence-electron chi connectivity index (χ1n) is 6.32. The quantitative estimate of drug-likeness (QED) is 0.825. The normalized spacial score (nSPS) is 18.1. The molecule has 1 aromatic rings. The van der Waals surface area contributed by atoms with E-state index in [0.717, 1.165) is 18.9 Å². The van der Waals surface area contributed by atoms with Gasteiger partial charge in [0.15, 0.2) is 0 Å². The van der Waals surface area contributed by atoms with Crippen molar-refractivity contribution in [3.05, 3.63) is 24.0 Å². The van der Waals surface area contributed by atoms with Gasteiger partial charge >= 0.3 is 6.18 Å². The SMILES string of the molecule is CN(C)C1CCN(c2cnccc2C(F)(F)F)CC1. The van der Waals surface area contributed by atoms with E-state index in [1.54, 1.807) is 4.90 Å². The van der Waals surface area contributed by atoms with Crippen molar-refractivity contribution >= 4 is 5.69 Å². The van der Waals surface area contributed by atoms with Gasteiger partial charge in [-0.2, -0.15) is 13.2 Å². The summed E-state index contributed by atoms with van der Waals surface area (Å²) in [5, 5.41) is 0. The van der Waals surface area contributed by atoms with Gasteiger partial charge in [0.25, 0.3) is 0 Å². The second kappa shape index (κ2) is 5.36. The topological polar surface area (TPSA) is 19.4 Å². The van der Waals surface area contributed by atoms with Crippen molar-refractivity contribution in [3.8, 4) is 0 Å². The minimum atomic E-state index is -4.32. The third-order valence-corrected chi connectivity index (χ3v) is 3.64. The number of piperidine rings is 1. The Labute approximate surface area is 111 Å². The zero-order valence-corrected chi connectivity index (χ0v) is 11.1. The minimum Gasteiger partial charge on any atom is -0.370 e. The Morgan fingerprint density at radius 1 is 1.26 bits per heavy atom. The molecule has 0 aromatic carbocycles. The van der Waals surface area contributed by atoms with Crippen LogP contribution in [0.15, 0.2) is 18.5 Å². The first-order valence-corrected chi connectivity index (χ1v) is 6.32. The minimum absolute atomic E-state index is 0.201. The number of alkyl halides is 3. The van der Waals surface area contributed by atoms with E-state index >= 15 is 0 Å². The molecule has 1 saturated heterocycles. The van der Waals surface area contributed by atoms with E-state index in [1.807, 2.05) is 14.1 Å². The average molecular weight is 273 g/mol. The molecular weight excluding hydrogens is 255 g/mol. The summed E-state index contributed by atoms with van der Waals surface area (Å²) in [6.07, 6.45) is -0.0627. The Morgan fingerprint density at radius 2 is 1.89 bits per heavy atom. The molecule has 0 saturated carbocycles. The van der Waals surface area contributed by atoms with Crippen molar-refractivity contribution in [2.24, 2.45) is 0 Å². The van der Waals surface area contributed by atoms with Gasteiger partial charge in [-0.15, -0.1) is 0 Å². The van der Waals surface area contributed by atoms with Crippen molar-refractivity contribution in [3.63, 3.8) is 0 Å². The maximum Gasteiger partial charge on any atom is 0.418 e. The standard InChI is InChI=1S/C13H18F3N3/c1-18(2)10-4-7-19(8-5-10)12-9-17-6-3-11(12)13(14,15)16/h3,6,9-10H,4-5,7-8H2,1-2H3. The predicted molar refractivity (Wildman–Crippen MR) is 68.2 cm³/mol. The van der Waals surface area contributed by atoms with E-state index in [2.05, 4.69) is 9.88 Å². The molecule has 0 bridgehead atoms. The molecule has 2 rings (SSSR count). The fraction of sp³-hybridized carbons (Fsp3) is 0.615. The zero-order valence-electron chi connectivity index (χ0n) is 11.1. The lowest BCUT2D eigenvalue weighted by molar-refractivity contribution is -0.137. The van der Waals surface area contributed by atoms with E-state index in [4.69, 9.17) is 0 Å². The van der Waals surface area contributed by atoms with Gasteiger partial charge in [0.05, 0.1) is 17.4 Å². The maximum atomic E-state index is 12.9. The summed E-state index contributed by atoms with van der Waals surface area (Å²) in [4.78, 5) is 7.75. The Bertz CT molecular complexity index is 423. The van der Waals surface area contributed by atoms with Crippen molar-refractivity contribution in [2.45, 2.75) is 25.1 Å². The van der Waals surface area contributed by atoms with Gasteiger partial charge < -0.3 is 9.80 Å². The summed E-state index contributed by atoms with van der Waals surface area (Å²) in [7, 11) is 4.01. The summed E-state index contributed by atoms with van der Waals surface area (Å²) >= 11 is 0. The van der Waals surface area contributed by atoms with Crippen LogP contribution in [0, 0.1) is 0 Å². The fourth-order valence-electron chi connectivity index (χ4n) is 2.50. The van der Waals surface area contributed by atoms with Crippen LogP contribution < -0.4 is 4.90 Å². The molecule has 1 aromatic heterocycles. The number of hydrogen-bond acceptors (Lipinski definition) is 3. The van der Waals surface area contributed by atoms with Crippen LogP contribution in [0.1, 0.15) is 18.4 Å². The molecule has 0 unspecified atom stereocenters. The highest BCUT2D eigenvalue weighted by Gasteiger charge is 2.35. The lowest BCUT2D eigenvalue weighted by Gasteiger charge is -2.37. The molecule has 3 nitrogen and oxygen atoms in total. The van der Waals surface area contributed by atoms with Crippen LogP contribution in [-0.2, 0) is 6.18 Å². The van der Waals surface area contributed by atoms with Gasteiger partial charge in [-0.1, -0.05) is 0 Å². The number of hydrogen-bond donors (Lipinski definition) is 0. The number of pyridine rings is 1. The summed E-state index contributed by atoms with van der Waals surface area (Å²) in [5.74, 6) is 0. The highest BCUT2D eigenvalue weighted by molar-refractivity contribution is 5.53. The molecule has 0 N–H and O–H groups in total. The molecule has 0 spiro atoms. The maximum absolute atomic E-state index is 12.9. The van der Waals surface area contributed by atoms with Crippen LogP contribution in [0.4, 0.5) is 18.9 Å². The fourth-order valence-corrected chi connectivity index (χ4v) is 2.50. The van der Waals surface area contributed by atoms with Crippen molar-refractivity contribution < 1.29 is 13.2 Å². The first-order chi connectivity index (χ1) is 8.89. The summed E-state index contributed by atoms with van der Waals surface area (Å²) in [5.41, 5.74) is -0.391. The van der Waals surface area contributed by atoms with Gasteiger partial charge in [-0.05, 0) is 33.0 Å².